The summed E-state index contributed by atoms with van der Waals surface area (Å²) in [5, 5.41) is -1.11. The predicted octanol–water partition coefficient (Wildman–Crippen LogP) is 2.62. The van der Waals surface area contributed by atoms with Crippen LogP contribution in [0.15, 0.2) is 48.5 Å². The summed E-state index contributed by atoms with van der Waals surface area (Å²) in [5.74, 6) is 1.39. The minimum atomic E-state index is -3.78. The smallest absolute Gasteiger partial charge is 0.224 e. The molecule has 1 unspecified atom stereocenters. The summed E-state index contributed by atoms with van der Waals surface area (Å²) < 4.78 is 37.1. The number of rotatable bonds is 9. The maximum absolute atomic E-state index is 12.8. The van der Waals surface area contributed by atoms with E-state index < -0.39 is 15.3 Å². The fourth-order valence-electron chi connectivity index (χ4n) is 2.41. The van der Waals surface area contributed by atoms with Crippen LogP contribution in [0.3, 0.4) is 0 Å². The lowest BCUT2D eigenvalue weighted by atomic mass is 10.2. The maximum atomic E-state index is 12.8. The molecule has 0 aliphatic heterocycles. The largest absolute Gasteiger partial charge is 0.497 e. The average Bonchev–Trinajstić information content (AvgIpc) is 2.67. The van der Waals surface area contributed by atoms with Crippen LogP contribution >= 0.6 is 0 Å². The minimum Gasteiger partial charge on any atom is -0.497 e. The monoisotopic (exact) mass is 377 g/mol. The number of sulfonamides is 1. The molecule has 0 aliphatic carbocycles. The van der Waals surface area contributed by atoms with Gasteiger partial charge in [0.05, 0.1) is 14.2 Å². The van der Waals surface area contributed by atoms with Crippen LogP contribution in [0.1, 0.15) is 18.1 Å². The van der Waals surface area contributed by atoms with Crippen molar-refractivity contribution in [2.24, 2.45) is 0 Å². The molecule has 0 amide bonds. The van der Waals surface area contributed by atoms with Gasteiger partial charge in [-0.05, 0) is 42.3 Å². The molecule has 0 saturated heterocycles. The highest BCUT2D eigenvalue weighted by molar-refractivity contribution is 7.90. The van der Waals surface area contributed by atoms with Gasteiger partial charge in [0.1, 0.15) is 23.0 Å². The Kier molecular flexibility index (Phi) is 6.76. The van der Waals surface area contributed by atoms with Crippen LogP contribution in [-0.2, 0) is 27.9 Å². The van der Waals surface area contributed by atoms with Crippen LogP contribution in [0, 0.1) is 0 Å². The lowest BCUT2D eigenvalue weighted by molar-refractivity contribution is -0.107. The number of ether oxygens (including phenoxy) is 2. The van der Waals surface area contributed by atoms with E-state index in [1.165, 1.54) is 11.2 Å². The molecule has 26 heavy (non-hydrogen) atoms. The summed E-state index contributed by atoms with van der Waals surface area (Å²) in [7, 11) is -0.635. The molecular weight excluding hydrogens is 354 g/mol. The first-order valence-electron chi connectivity index (χ1n) is 8.11. The summed E-state index contributed by atoms with van der Waals surface area (Å²) in [5.41, 5.74) is 1.61. The molecule has 140 valence electrons. The maximum Gasteiger partial charge on any atom is 0.224 e. The van der Waals surface area contributed by atoms with Crippen molar-refractivity contribution in [3.8, 4) is 11.5 Å². The zero-order valence-electron chi connectivity index (χ0n) is 15.1. The summed E-state index contributed by atoms with van der Waals surface area (Å²) in [6.45, 7) is 1.71. The average molecular weight is 377 g/mol. The third-order valence-corrected chi connectivity index (χ3v) is 6.09. The molecule has 0 aliphatic rings. The first kappa shape index (κ1) is 19.9. The van der Waals surface area contributed by atoms with Crippen molar-refractivity contribution in [3.63, 3.8) is 0 Å². The standard InChI is InChI=1S/C19H23NO5S/c1-15(14-21)26(22,23)20(12-16-4-8-18(24-2)9-5-16)13-17-6-10-19(25-3)11-7-17/h4-11,14-15H,12-13H2,1-3H3. The van der Waals surface area contributed by atoms with Crippen molar-refractivity contribution < 1.29 is 22.7 Å². The van der Waals surface area contributed by atoms with Gasteiger partial charge in [0.25, 0.3) is 0 Å². The second-order valence-electron chi connectivity index (χ2n) is 5.85. The molecule has 0 N–H and O–H groups in total. The fraction of sp³-hybridized carbons (Fsp3) is 0.316. The normalized spacial score (nSPS) is 12.6. The van der Waals surface area contributed by atoms with Gasteiger partial charge in [-0.3, -0.25) is 0 Å². The van der Waals surface area contributed by atoms with E-state index in [2.05, 4.69) is 0 Å². The molecule has 0 fully saturated rings. The van der Waals surface area contributed by atoms with Crippen molar-refractivity contribution in [2.45, 2.75) is 25.3 Å². The molecule has 0 aromatic heterocycles. The molecule has 7 heteroatoms. The minimum absolute atomic E-state index is 0.163. The number of carbonyl (C=O) groups excluding carboxylic acids is 1. The van der Waals surface area contributed by atoms with E-state index in [1.54, 1.807) is 62.8 Å². The second-order valence-corrected chi connectivity index (χ2v) is 8.14. The molecule has 1 atom stereocenters. The molecule has 0 bridgehead atoms. The van der Waals surface area contributed by atoms with Crippen LogP contribution in [0.2, 0.25) is 0 Å². The Labute approximate surface area is 154 Å². The Morgan fingerprint density at radius 2 is 1.27 bits per heavy atom. The van der Waals surface area contributed by atoms with Crippen molar-refractivity contribution >= 4 is 16.3 Å². The first-order chi connectivity index (χ1) is 12.4. The van der Waals surface area contributed by atoms with Crippen molar-refractivity contribution in [2.75, 3.05) is 14.2 Å². The van der Waals surface area contributed by atoms with Gasteiger partial charge in [-0.25, -0.2) is 8.42 Å². The molecule has 0 radical (unpaired) electrons. The zero-order chi connectivity index (χ0) is 19.2. The molecule has 0 saturated carbocycles. The Hall–Kier alpha value is -2.38. The molecule has 6 nitrogen and oxygen atoms in total. The van der Waals surface area contributed by atoms with E-state index >= 15 is 0 Å². The van der Waals surface area contributed by atoms with Gasteiger partial charge in [-0.15, -0.1) is 0 Å². The van der Waals surface area contributed by atoms with Crippen LogP contribution in [-0.4, -0.2) is 38.5 Å². The number of nitrogens with zero attached hydrogens (tertiary/aromatic N) is 1. The molecule has 0 heterocycles. The third kappa shape index (κ3) is 4.83. The summed E-state index contributed by atoms with van der Waals surface area (Å²) >= 11 is 0. The molecule has 2 rings (SSSR count). The first-order valence-corrected chi connectivity index (χ1v) is 9.61. The highest BCUT2D eigenvalue weighted by atomic mass is 32.2. The highest BCUT2D eigenvalue weighted by Crippen LogP contribution is 2.20. The zero-order valence-corrected chi connectivity index (χ0v) is 15.9. The van der Waals surface area contributed by atoms with E-state index in [0.717, 1.165) is 11.1 Å². The molecule has 2 aromatic rings. The fourth-order valence-corrected chi connectivity index (χ4v) is 3.68. The van der Waals surface area contributed by atoms with E-state index in [9.17, 15) is 13.2 Å². The van der Waals surface area contributed by atoms with E-state index in [0.29, 0.717) is 17.8 Å². The Morgan fingerprint density at radius 1 is 0.885 bits per heavy atom. The van der Waals surface area contributed by atoms with Crippen LogP contribution < -0.4 is 9.47 Å². The Morgan fingerprint density at radius 3 is 1.58 bits per heavy atom. The van der Waals surface area contributed by atoms with Crippen LogP contribution in [0.25, 0.3) is 0 Å². The van der Waals surface area contributed by atoms with Crippen molar-refractivity contribution in [3.05, 3.63) is 59.7 Å². The molecule has 2 aromatic carbocycles. The van der Waals surface area contributed by atoms with Gasteiger partial charge >= 0.3 is 0 Å². The van der Waals surface area contributed by atoms with Gasteiger partial charge < -0.3 is 14.3 Å². The molecular formula is C19H23NO5S. The Bertz CT molecular complexity index is 767. The number of benzene rings is 2. The van der Waals surface area contributed by atoms with Crippen molar-refractivity contribution in [1.82, 2.24) is 4.31 Å². The van der Waals surface area contributed by atoms with E-state index in [-0.39, 0.29) is 13.1 Å². The predicted molar refractivity (Wildman–Crippen MR) is 99.7 cm³/mol. The lowest BCUT2D eigenvalue weighted by Gasteiger charge is -2.24. The number of hydrogen-bond donors (Lipinski definition) is 0. The van der Waals surface area contributed by atoms with Crippen molar-refractivity contribution in [1.29, 1.82) is 0 Å². The van der Waals surface area contributed by atoms with Gasteiger partial charge in [0, 0.05) is 13.1 Å². The summed E-state index contributed by atoms with van der Waals surface area (Å²) in [6.07, 6.45) is 0.449. The van der Waals surface area contributed by atoms with Crippen LogP contribution in [0.5, 0.6) is 11.5 Å². The topological polar surface area (TPSA) is 72.9 Å². The number of aldehydes is 1. The van der Waals surface area contributed by atoms with Gasteiger partial charge in [0.2, 0.25) is 10.0 Å². The highest BCUT2D eigenvalue weighted by Gasteiger charge is 2.28. The lowest BCUT2D eigenvalue weighted by Crippen LogP contribution is -2.37. The van der Waals surface area contributed by atoms with Gasteiger partial charge in [0.15, 0.2) is 0 Å². The summed E-state index contributed by atoms with van der Waals surface area (Å²) in [4.78, 5) is 11.1. The second kappa shape index (κ2) is 8.82. The number of methoxy groups -OCH3 is 2. The third-order valence-electron chi connectivity index (χ3n) is 4.06. The quantitative estimate of drug-likeness (QED) is 0.628. The Balaban J connectivity index is 2.29. The van der Waals surface area contributed by atoms with Gasteiger partial charge in [-0.1, -0.05) is 24.3 Å². The SMILES string of the molecule is COc1ccc(CN(Cc2ccc(OC)cc2)S(=O)(=O)C(C)C=O)cc1. The van der Waals surface area contributed by atoms with Crippen LogP contribution in [0.4, 0.5) is 0 Å². The number of carbonyl (C=O) groups is 1. The van der Waals surface area contributed by atoms with Gasteiger partial charge in [-0.2, -0.15) is 4.31 Å². The summed E-state index contributed by atoms with van der Waals surface area (Å²) in [6, 6.07) is 14.3. The van der Waals surface area contributed by atoms with E-state index in [4.69, 9.17) is 9.47 Å². The molecule has 0 spiro atoms. The number of hydrogen-bond acceptors (Lipinski definition) is 5. The van der Waals surface area contributed by atoms with E-state index in [1.807, 2.05) is 0 Å².